The van der Waals surface area contributed by atoms with E-state index in [0.717, 1.165) is 0 Å². The molecule has 2 heterocycles. The van der Waals surface area contributed by atoms with E-state index >= 15 is 0 Å². The Hall–Kier alpha value is -1.71. The minimum atomic E-state index is -0.980. The lowest BCUT2D eigenvalue weighted by atomic mass is 9.83. The van der Waals surface area contributed by atoms with Gasteiger partial charge in [-0.2, -0.15) is 0 Å². The lowest BCUT2D eigenvalue weighted by molar-refractivity contribution is -0.359. The van der Waals surface area contributed by atoms with Crippen molar-refractivity contribution in [3.63, 3.8) is 0 Å². The third-order valence-corrected chi connectivity index (χ3v) is 6.44. The topological polar surface area (TPSA) is 107 Å². The molecule has 9 heteroatoms. The van der Waals surface area contributed by atoms with Crippen molar-refractivity contribution in [2.24, 2.45) is 17.8 Å². The number of esters is 3. The second-order valence-electron chi connectivity index (χ2n) is 8.84. The van der Waals surface area contributed by atoms with Crippen LogP contribution >= 0.6 is 0 Å². The summed E-state index contributed by atoms with van der Waals surface area (Å²) >= 11 is 0. The molecule has 0 aromatic carbocycles. The molecule has 32 heavy (non-hydrogen) atoms. The highest BCUT2D eigenvalue weighted by Gasteiger charge is 2.51. The molecule has 184 valence electrons. The molecule has 0 aliphatic carbocycles. The van der Waals surface area contributed by atoms with E-state index in [2.05, 4.69) is 0 Å². The molecule has 0 spiro atoms. The molecule has 2 rings (SSSR count). The van der Waals surface area contributed by atoms with Gasteiger partial charge in [-0.3, -0.25) is 14.4 Å². The Kier molecular flexibility index (Phi) is 9.48. The van der Waals surface area contributed by atoms with Gasteiger partial charge >= 0.3 is 17.9 Å². The molecule has 2 aliphatic heterocycles. The number of hydrogen-bond donors (Lipinski definition) is 0. The van der Waals surface area contributed by atoms with Gasteiger partial charge < -0.3 is 28.4 Å². The third-order valence-electron chi connectivity index (χ3n) is 6.44. The van der Waals surface area contributed by atoms with Gasteiger partial charge in [0, 0.05) is 38.5 Å². The average Bonchev–Trinajstić information content (AvgIpc) is 2.71. The van der Waals surface area contributed by atoms with Gasteiger partial charge in [-0.25, -0.2) is 0 Å². The Bertz CT molecular complexity index is 664. The molecule has 0 aromatic heterocycles. The molecule has 0 bridgehead atoms. The van der Waals surface area contributed by atoms with Crippen LogP contribution in [0.4, 0.5) is 0 Å². The van der Waals surface area contributed by atoms with E-state index in [1.807, 2.05) is 34.6 Å². The zero-order chi connectivity index (χ0) is 24.2. The summed E-state index contributed by atoms with van der Waals surface area (Å²) < 4.78 is 35.2. The molecule has 9 nitrogen and oxygen atoms in total. The van der Waals surface area contributed by atoms with Gasteiger partial charge in [0.1, 0.15) is 12.2 Å². The van der Waals surface area contributed by atoms with Crippen LogP contribution < -0.4 is 0 Å². The summed E-state index contributed by atoms with van der Waals surface area (Å²) in [5, 5.41) is 0. The third kappa shape index (κ3) is 6.20. The van der Waals surface area contributed by atoms with Crippen LogP contribution in [-0.4, -0.2) is 61.0 Å². The molecular weight excluding hydrogens is 420 g/mol. The van der Waals surface area contributed by atoms with Crippen LogP contribution in [0.1, 0.15) is 68.2 Å². The first-order chi connectivity index (χ1) is 15.0. The van der Waals surface area contributed by atoms with Crippen LogP contribution in [0.15, 0.2) is 0 Å². The summed E-state index contributed by atoms with van der Waals surface area (Å²) in [6.45, 7) is 13.7. The van der Waals surface area contributed by atoms with Crippen LogP contribution in [0, 0.1) is 17.8 Å². The Morgan fingerprint density at radius 3 is 1.59 bits per heavy atom. The molecule has 0 unspecified atom stereocenters. The van der Waals surface area contributed by atoms with Gasteiger partial charge in [-0.05, 0) is 12.8 Å². The zero-order valence-corrected chi connectivity index (χ0v) is 20.4. The van der Waals surface area contributed by atoms with Crippen molar-refractivity contribution in [1.29, 1.82) is 0 Å². The summed E-state index contributed by atoms with van der Waals surface area (Å²) in [6.07, 6.45) is -3.03. The SMILES string of the molecule is CC[C@H]1O[C@H](O[C@H]2O[C@H](CC)[C@@H](OC(C)=O)[C@H](C)[C@H]2C)[C@H](OC(C)=O)[C@@H](OC(C)=O)[C@@H]1C. The molecule has 0 N–H and O–H groups in total. The summed E-state index contributed by atoms with van der Waals surface area (Å²) in [7, 11) is 0. The normalized spacial score (nSPS) is 39.8. The quantitative estimate of drug-likeness (QED) is 0.420. The van der Waals surface area contributed by atoms with E-state index < -0.39 is 36.7 Å². The molecule has 0 aromatic rings. The molecule has 10 atom stereocenters. The van der Waals surface area contributed by atoms with Crippen LogP contribution in [0.2, 0.25) is 0 Å². The summed E-state index contributed by atoms with van der Waals surface area (Å²) in [5.41, 5.74) is 0. The molecule has 0 saturated carbocycles. The summed E-state index contributed by atoms with van der Waals surface area (Å²) in [5.74, 6) is -1.74. The van der Waals surface area contributed by atoms with Crippen molar-refractivity contribution in [1.82, 2.24) is 0 Å². The van der Waals surface area contributed by atoms with Gasteiger partial charge in [-0.15, -0.1) is 0 Å². The minimum absolute atomic E-state index is 0.0384. The van der Waals surface area contributed by atoms with Gasteiger partial charge in [0.25, 0.3) is 0 Å². The predicted octanol–water partition coefficient (Wildman–Crippen LogP) is 2.98. The van der Waals surface area contributed by atoms with Crippen molar-refractivity contribution in [2.75, 3.05) is 0 Å². The standard InChI is InChI=1S/C23H38O9/c1-9-17-13(5)20(28-15(7)25)21(29-16(8)26)23(30-17)32-22-12(4)11(3)19(27-14(6)24)18(10-2)31-22/h11-13,17-23H,9-10H2,1-8H3/t11-,12-,13-,17-,18-,19+,20+,21-,22-,23-/m1/s1. The number of carbonyl (C=O) groups excluding carboxylic acids is 3. The van der Waals surface area contributed by atoms with Gasteiger partial charge in [0.2, 0.25) is 6.29 Å². The van der Waals surface area contributed by atoms with E-state index in [4.69, 9.17) is 28.4 Å². The maximum absolute atomic E-state index is 11.8. The fourth-order valence-electron chi connectivity index (χ4n) is 4.55. The van der Waals surface area contributed by atoms with Crippen molar-refractivity contribution in [3.8, 4) is 0 Å². The van der Waals surface area contributed by atoms with Crippen molar-refractivity contribution < 1.29 is 42.8 Å². The van der Waals surface area contributed by atoms with Gasteiger partial charge in [0.15, 0.2) is 12.4 Å². The smallest absolute Gasteiger partial charge is 0.303 e. The molecule has 0 radical (unpaired) electrons. The Morgan fingerprint density at radius 1 is 0.625 bits per heavy atom. The van der Waals surface area contributed by atoms with Crippen LogP contribution in [0.3, 0.4) is 0 Å². The number of carbonyl (C=O) groups is 3. The van der Waals surface area contributed by atoms with E-state index in [0.29, 0.717) is 12.8 Å². The lowest BCUT2D eigenvalue weighted by Gasteiger charge is -2.48. The maximum Gasteiger partial charge on any atom is 0.303 e. The van der Waals surface area contributed by atoms with Crippen molar-refractivity contribution >= 4 is 17.9 Å². The highest BCUT2D eigenvalue weighted by molar-refractivity contribution is 5.67. The number of ether oxygens (including phenoxy) is 6. The molecular formula is C23H38O9. The fraction of sp³-hybridized carbons (Fsp3) is 0.870. The molecule has 0 amide bonds. The highest BCUT2D eigenvalue weighted by atomic mass is 16.8. The first-order valence-electron chi connectivity index (χ1n) is 11.5. The van der Waals surface area contributed by atoms with E-state index in [1.54, 1.807) is 0 Å². The van der Waals surface area contributed by atoms with Crippen LogP contribution in [0.25, 0.3) is 0 Å². The first-order valence-corrected chi connectivity index (χ1v) is 11.5. The highest BCUT2D eigenvalue weighted by Crippen LogP contribution is 2.38. The van der Waals surface area contributed by atoms with Crippen LogP contribution in [0.5, 0.6) is 0 Å². The van der Waals surface area contributed by atoms with E-state index in [-0.39, 0.29) is 42.0 Å². The summed E-state index contributed by atoms with van der Waals surface area (Å²) in [4.78, 5) is 35.2. The summed E-state index contributed by atoms with van der Waals surface area (Å²) in [6, 6.07) is 0. The predicted molar refractivity (Wildman–Crippen MR) is 113 cm³/mol. The lowest BCUT2D eigenvalue weighted by Crippen LogP contribution is -2.60. The number of hydrogen-bond acceptors (Lipinski definition) is 9. The maximum atomic E-state index is 11.8. The first kappa shape index (κ1) is 26.5. The van der Waals surface area contributed by atoms with Gasteiger partial charge in [0.05, 0.1) is 12.2 Å². The van der Waals surface area contributed by atoms with E-state index in [9.17, 15) is 14.4 Å². The average molecular weight is 459 g/mol. The zero-order valence-electron chi connectivity index (χ0n) is 20.4. The van der Waals surface area contributed by atoms with Gasteiger partial charge in [-0.1, -0.05) is 34.6 Å². The van der Waals surface area contributed by atoms with Crippen LogP contribution in [-0.2, 0) is 42.8 Å². The van der Waals surface area contributed by atoms with Crippen molar-refractivity contribution in [2.45, 2.75) is 111 Å². The molecule has 2 aliphatic rings. The fourth-order valence-corrected chi connectivity index (χ4v) is 4.55. The second-order valence-corrected chi connectivity index (χ2v) is 8.84. The monoisotopic (exact) mass is 458 g/mol. The molecule has 2 fully saturated rings. The molecule has 2 saturated heterocycles. The van der Waals surface area contributed by atoms with E-state index in [1.165, 1.54) is 20.8 Å². The number of rotatable bonds is 7. The Morgan fingerprint density at radius 2 is 1.09 bits per heavy atom. The Balaban J connectivity index is 2.28. The minimum Gasteiger partial charge on any atom is -0.459 e. The van der Waals surface area contributed by atoms with Crippen molar-refractivity contribution in [3.05, 3.63) is 0 Å². The Labute approximate surface area is 190 Å². The second kappa shape index (κ2) is 11.4. The largest absolute Gasteiger partial charge is 0.459 e.